The van der Waals surface area contributed by atoms with Crippen molar-refractivity contribution in [1.29, 1.82) is 0 Å². The zero-order valence-corrected chi connectivity index (χ0v) is 14.1. The smallest absolute Gasteiger partial charge is 0.0418 e. The number of fused-ring (bicyclic) bond motifs is 1. The van der Waals surface area contributed by atoms with Crippen LogP contribution in [-0.4, -0.2) is 23.0 Å². The highest BCUT2D eigenvalue weighted by molar-refractivity contribution is 7.99. The van der Waals surface area contributed by atoms with E-state index in [9.17, 15) is 0 Å². The van der Waals surface area contributed by atoms with Crippen LogP contribution in [0.2, 0.25) is 0 Å². The van der Waals surface area contributed by atoms with E-state index in [0.717, 1.165) is 24.6 Å². The Morgan fingerprint density at radius 1 is 1.19 bits per heavy atom. The van der Waals surface area contributed by atoms with Crippen molar-refractivity contribution in [2.24, 2.45) is 5.92 Å². The molecule has 1 aromatic heterocycles. The summed E-state index contributed by atoms with van der Waals surface area (Å²) < 4.78 is 0. The molecule has 21 heavy (non-hydrogen) atoms. The molecule has 114 valence electrons. The van der Waals surface area contributed by atoms with E-state index < -0.39 is 0 Å². The van der Waals surface area contributed by atoms with Gasteiger partial charge in [-0.15, -0.1) is 0 Å². The van der Waals surface area contributed by atoms with E-state index in [4.69, 9.17) is 0 Å². The molecule has 0 spiro atoms. The Morgan fingerprint density at radius 3 is 2.81 bits per heavy atom. The molecule has 1 aromatic carbocycles. The molecule has 1 atom stereocenters. The largest absolute Gasteiger partial charge is 0.309 e. The molecule has 0 aliphatic heterocycles. The first kappa shape index (κ1) is 16.3. The van der Waals surface area contributed by atoms with Gasteiger partial charge in [0.05, 0.1) is 0 Å². The second kappa shape index (κ2) is 8.40. The zero-order chi connectivity index (χ0) is 15.1. The summed E-state index contributed by atoms with van der Waals surface area (Å²) >= 11 is 2.04. The first-order chi connectivity index (χ1) is 10.2. The Morgan fingerprint density at radius 2 is 2.05 bits per heavy atom. The first-order valence-electron chi connectivity index (χ1n) is 7.86. The number of nitrogens with zero attached hydrogens (tertiary/aromatic N) is 1. The number of hydrogen-bond donors (Lipinski definition) is 1. The molecule has 3 heteroatoms. The minimum atomic E-state index is 0.404. The van der Waals surface area contributed by atoms with E-state index in [1.54, 1.807) is 0 Å². The van der Waals surface area contributed by atoms with Gasteiger partial charge in [-0.2, -0.15) is 11.8 Å². The molecule has 2 aromatic rings. The van der Waals surface area contributed by atoms with E-state index in [1.807, 2.05) is 24.2 Å². The summed E-state index contributed by atoms with van der Waals surface area (Å²) in [6, 6.07) is 9.07. The lowest BCUT2D eigenvalue weighted by Gasteiger charge is -2.21. The quantitative estimate of drug-likeness (QED) is 0.767. The fraction of sp³-hybridized carbons (Fsp3) is 0.500. The molecule has 2 nitrogen and oxygen atoms in total. The Hall–Kier alpha value is -1.06. The van der Waals surface area contributed by atoms with Crippen molar-refractivity contribution in [2.45, 2.75) is 33.2 Å². The second-order valence-electron chi connectivity index (χ2n) is 5.88. The molecule has 0 fully saturated rings. The van der Waals surface area contributed by atoms with Crippen LogP contribution in [0.1, 0.15) is 38.8 Å². The lowest BCUT2D eigenvalue weighted by molar-refractivity contribution is 0.580. The molecule has 1 heterocycles. The molecule has 1 unspecified atom stereocenters. The van der Waals surface area contributed by atoms with Crippen molar-refractivity contribution in [3.8, 4) is 0 Å². The van der Waals surface area contributed by atoms with Crippen LogP contribution in [0.5, 0.6) is 0 Å². The molecular weight excluding hydrogens is 276 g/mol. The Labute approximate surface area is 132 Å². The van der Waals surface area contributed by atoms with Crippen LogP contribution in [0.15, 0.2) is 36.7 Å². The molecule has 1 N–H and O–H groups in total. The van der Waals surface area contributed by atoms with Gasteiger partial charge in [0, 0.05) is 29.6 Å². The van der Waals surface area contributed by atoms with Gasteiger partial charge in [0.1, 0.15) is 0 Å². The number of benzene rings is 1. The van der Waals surface area contributed by atoms with Gasteiger partial charge < -0.3 is 5.32 Å². The third-order valence-corrected chi connectivity index (χ3v) is 4.94. The normalized spacial score (nSPS) is 13.0. The predicted molar refractivity (Wildman–Crippen MR) is 94.9 cm³/mol. The van der Waals surface area contributed by atoms with Gasteiger partial charge >= 0.3 is 0 Å². The maximum atomic E-state index is 4.31. The van der Waals surface area contributed by atoms with Gasteiger partial charge in [-0.05, 0) is 41.7 Å². The average molecular weight is 302 g/mol. The number of thioether (sulfide) groups is 1. The molecule has 0 aliphatic rings. The average Bonchev–Trinajstić information content (AvgIpc) is 2.50. The van der Waals surface area contributed by atoms with Crippen LogP contribution in [-0.2, 0) is 0 Å². The monoisotopic (exact) mass is 302 g/mol. The van der Waals surface area contributed by atoms with Crippen molar-refractivity contribution in [2.75, 3.05) is 18.1 Å². The zero-order valence-electron chi connectivity index (χ0n) is 13.3. The number of pyridine rings is 1. The van der Waals surface area contributed by atoms with Gasteiger partial charge in [0.15, 0.2) is 0 Å². The maximum Gasteiger partial charge on any atom is 0.0418 e. The summed E-state index contributed by atoms with van der Waals surface area (Å²) in [6.45, 7) is 7.84. The summed E-state index contributed by atoms with van der Waals surface area (Å²) in [5.74, 6) is 3.08. The molecule has 0 saturated heterocycles. The summed E-state index contributed by atoms with van der Waals surface area (Å²) in [7, 11) is 0. The van der Waals surface area contributed by atoms with Crippen molar-refractivity contribution < 1.29 is 0 Å². The standard InChI is InChI=1S/C18H26N2S/c1-4-9-20-18(13-21-12-14(2)3)16-7-5-6-15-8-10-19-11-17(15)16/h5-8,10-11,14,18,20H,4,9,12-13H2,1-3H3. The fourth-order valence-electron chi connectivity index (χ4n) is 2.44. The van der Waals surface area contributed by atoms with Crippen LogP contribution in [0.25, 0.3) is 10.8 Å². The van der Waals surface area contributed by atoms with Crippen LogP contribution in [0, 0.1) is 5.92 Å². The molecular formula is C18H26N2S. The lowest BCUT2D eigenvalue weighted by Crippen LogP contribution is -2.24. The van der Waals surface area contributed by atoms with E-state index in [-0.39, 0.29) is 0 Å². The Bertz CT molecular complexity index is 548. The number of aromatic nitrogens is 1. The first-order valence-corrected chi connectivity index (χ1v) is 9.01. The Balaban J connectivity index is 2.20. The highest BCUT2D eigenvalue weighted by Gasteiger charge is 2.14. The minimum absolute atomic E-state index is 0.404. The van der Waals surface area contributed by atoms with Crippen molar-refractivity contribution in [1.82, 2.24) is 10.3 Å². The predicted octanol–water partition coefficient (Wildman–Crippen LogP) is 4.66. The number of rotatable bonds is 8. The fourth-order valence-corrected chi connectivity index (χ4v) is 3.58. The van der Waals surface area contributed by atoms with Gasteiger partial charge in [-0.25, -0.2) is 0 Å². The van der Waals surface area contributed by atoms with Crippen molar-refractivity contribution in [3.05, 3.63) is 42.2 Å². The topological polar surface area (TPSA) is 24.9 Å². The van der Waals surface area contributed by atoms with Crippen LogP contribution in [0.4, 0.5) is 0 Å². The van der Waals surface area contributed by atoms with Crippen LogP contribution in [0.3, 0.4) is 0 Å². The van der Waals surface area contributed by atoms with E-state index in [1.165, 1.54) is 22.1 Å². The molecule has 0 bridgehead atoms. The highest BCUT2D eigenvalue weighted by Crippen LogP contribution is 2.26. The number of hydrogen-bond acceptors (Lipinski definition) is 3. The van der Waals surface area contributed by atoms with Gasteiger partial charge in [0.25, 0.3) is 0 Å². The Kier molecular flexibility index (Phi) is 6.52. The summed E-state index contributed by atoms with van der Waals surface area (Å²) in [6.07, 6.45) is 5.03. The minimum Gasteiger partial charge on any atom is -0.309 e. The summed E-state index contributed by atoms with van der Waals surface area (Å²) in [5, 5.41) is 6.26. The van der Waals surface area contributed by atoms with Gasteiger partial charge in [0.2, 0.25) is 0 Å². The number of nitrogens with one attached hydrogen (secondary N) is 1. The maximum absolute atomic E-state index is 4.31. The highest BCUT2D eigenvalue weighted by atomic mass is 32.2. The second-order valence-corrected chi connectivity index (χ2v) is 6.96. The molecule has 2 rings (SSSR count). The molecule has 0 amide bonds. The van der Waals surface area contributed by atoms with Crippen molar-refractivity contribution >= 4 is 22.5 Å². The third-order valence-electron chi connectivity index (χ3n) is 3.47. The van der Waals surface area contributed by atoms with Crippen LogP contribution >= 0.6 is 11.8 Å². The van der Waals surface area contributed by atoms with Gasteiger partial charge in [-0.1, -0.05) is 39.0 Å². The molecule has 0 radical (unpaired) electrons. The van der Waals surface area contributed by atoms with Crippen LogP contribution < -0.4 is 5.32 Å². The SMILES string of the molecule is CCCNC(CSCC(C)C)c1cccc2ccncc12. The molecule has 0 saturated carbocycles. The van der Waals surface area contributed by atoms with Gasteiger partial charge in [-0.3, -0.25) is 4.98 Å². The third kappa shape index (κ3) is 4.72. The van der Waals surface area contributed by atoms with E-state index >= 15 is 0 Å². The van der Waals surface area contributed by atoms with E-state index in [0.29, 0.717) is 6.04 Å². The summed E-state index contributed by atoms with van der Waals surface area (Å²) in [4.78, 5) is 4.31. The summed E-state index contributed by atoms with van der Waals surface area (Å²) in [5.41, 5.74) is 1.38. The lowest BCUT2D eigenvalue weighted by atomic mass is 10.0. The molecule has 0 aliphatic carbocycles. The van der Waals surface area contributed by atoms with Crippen molar-refractivity contribution in [3.63, 3.8) is 0 Å². The van der Waals surface area contributed by atoms with E-state index in [2.05, 4.69) is 55.3 Å².